The van der Waals surface area contributed by atoms with E-state index < -0.39 is 0 Å². The maximum absolute atomic E-state index is 13.8. The Morgan fingerprint density at radius 1 is 0.900 bits per heavy atom. The van der Waals surface area contributed by atoms with Gasteiger partial charge in [-0.15, -0.1) is 0 Å². The molecule has 6 nitrogen and oxygen atoms in total. The van der Waals surface area contributed by atoms with Crippen LogP contribution in [0.15, 0.2) is 48.7 Å². The summed E-state index contributed by atoms with van der Waals surface area (Å²) in [7, 11) is 0. The molecule has 2 aliphatic rings. The third-order valence-electron chi connectivity index (χ3n) is 7.62. The smallest absolute Gasteiger partial charge is 0.253 e. The van der Waals surface area contributed by atoms with Crippen LogP contribution in [0.2, 0.25) is 20.1 Å². The fraction of sp³-hybridized carbons (Fsp3) is 0.379. The molecule has 5 rings (SSSR count). The van der Waals surface area contributed by atoms with E-state index in [0.29, 0.717) is 32.5 Å². The standard InChI is InChI=1S/C29H30Cl4FN5O/c30-22-3-2-20(25(32)15-22)16-36-29(40)21-14-26(33)28(35-17-21)39-11-9-38(10-12-39)23-5-7-37(8-6-23)18-19-1-4-24(31)27(34)13-19/h1-4,13-15,17,23H,5-12,16,18H2,(H,36,40). The zero-order valence-corrected chi connectivity index (χ0v) is 24.9. The summed E-state index contributed by atoms with van der Waals surface area (Å²) in [5.41, 5.74) is 2.12. The summed E-state index contributed by atoms with van der Waals surface area (Å²) in [4.78, 5) is 24.3. The Kier molecular flexibility index (Phi) is 9.72. The molecule has 2 fully saturated rings. The van der Waals surface area contributed by atoms with Crippen LogP contribution in [0.4, 0.5) is 10.2 Å². The van der Waals surface area contributed by atoms with E-state index in [0.717, 1.165) is 69.8 Å². The Hall–Kier alpha value is -2.13. The number of amides is 1. The number of hydrogen-bond donors (Lipinski definition) is 1. The Morgan fingerprint density at radius 2 is 1.65 bits per heavy atom. The lowest BCUT2D eigenvalue weighted by Gasteiger charge is -2.43. The largest absolute Gasteiger partial charge is 0.353 e. The van der Waals surface area contributed by atoms with Gasteiger partial charge in [0.25, 0.3) is 5.91 Å². The minimum atomic E-state index is -0.362. The molecule has 0 bridgehead atoms. The van der Waals surface area contributed by atoms with Crippen LogP contribution in [0, 0.1) is 5.82 Å². The molecule has 0 unspecified atom stereocenters. The van der Waals surface area contributed by atoms with Crippen molar-refractivity contribution < 1.29 is 9.18 Å². The molecule has 0 radical (unpaired) electrons. The van der Waals surface area contributed by atoms with Gasteiger partial charge in [-0.25, -0.2) is 9.37 Å². The second-order valence-corrected chi connectivity index (χ2v) is 11.9. The van der Waals surface area contributed by atoms with Crippen molar-refractivity contribution >= 4 is 58.1 Å². The first-order valence-corrected chi connectivity index (χ1v) is 14.8. The van der Waals surface area contributed by atoms with Crippen LogP contribution in [-0.4, -0.2) is 66.0 Å². The average molecular weight is 625 g/mol. The molecule has 0 atom stereocenters. The highest BCUT2D eigenvalue weighted by Gasteiger charge is 2.28. The molecule has 0 saturated carbocycles. The third kappa shape index (κ3) is 7.19. The fourth-order valence-electron chi connectivity index (χ4n) is 5.37. The Bertz CT molecular complexity index is 1360. The molecule has 2 aromatic carbocycles. The van der Waals surface area contributed by atoms with Crippen molar-refractivity contribution in [3.8, 4) is 0 Å². The first-order chi connectivity index (χ1) is 19.3. The molecule has 11 heteroatoms. The third-order valence-corrected chi connectivity index (χ3v) is 8.79. The Morgan fingerprint density at radius 3 is 2.33 bits per heavy atom. The first kappa shape index (κ1) is 29.4. The highest BCUT2D eigenvalue weighted by molar-refractivity contribution is 6.35. The number of aromatic nitrogens is 1. The fourth-order valence-corrected chi connectivity index (χ4v) is 6.25. The van der Waals surface area contributed by atoms with Gasteiger partial charge < -0.3 is 10.2 Å². The van der Waals surface area contributed by atoms with Crippen LogP contribution in [0.1, 0.15) is 34.3 Å². The monoisotopic (exact) mass is 623 g/mol. The number of halogens is 5. The molecule has 1 N–H and O–H groups in total. The second-order valence-electron chi connectivity index (χ2n) is 10.2. The molecular formula is C29H30Cl4FN5O. The number of likely N-dealkylation sites (tertiary alicyclic amines) is 1. The van der Waals surface area contributed by atoms with Crippen molar-refractivity contribution in [2.75, 3.05) is 44.2 Å². The maximum Gasteiger partial charge on any atom is 0.253 e. The van der Waals surface area contributed by atoms with E-state index in [4.69, 9.17) is 46.4 Å². The van der Waals surface area contributed by atoms with Crippen LogP contribution in [0.25, 0.3) is 0 Å². The van der Waals surface area contributed by atoms with Crippen molar-refractivity contribution in [3.63, 3.8) is 0 Å². The summed E-state index contributed by atoms with van der Waals surface area (Å²) in [5.74, 6) is 0.0619. The predicted molar refractivity (Wildman–Crippen MR) is 160 cm³/mol. The van der Waals surface area contributed by atoms with Crippen LogP contribution in [0.5, 0.6) is 0 Å². The summed E-state index contributed by atoms with van der Waals surface area (Å²) in [6.45, 7) is 6.46. The lowest BCUT2D eigenvalue weighted by molar-refractivity contribution is 0.0950. The number of anilines is 1. The summed E-state index contributed by atoms with van der Waals surface area (Å²) in [5, 5.41) is 4.52. The van der Waals surface area contributed by atoms with Crippen molar-refractivity contribution in [3.05, 3.63) is 91.3 Å². The molecule has 1 aromatic heterocycles. The molecule has 0 aliphatic carbocycles. The number of benzene rings is 2. The lowest BCUT2D eigenvalue weighted by Crippen LogP contribution is -2.53. The van der Waals surface area contributed by atoms with Crippen molar-refractivity contribution in [2.45, 2.75) is 32.0 Å². The quantitative estimate of drug-likeness (QED) is 0.323. The molecular weight excluding hydrogens is 595 g/mol. The first-order valence-electron chi connectivity index (χ1n) is 13.3. The predicted octanol–water partition coefficient (Wildman–Crippen LogP) is 6.55. The number of rotatable bonds is 7. The minimum absolute atomic E-state index is 0.163. The molecule has 2 saturated heterocycles. The van der Waals surface area contributed by atoms with Gasteiger partial charge >= 0.3 is 0 Å². The lowest BCUT2D eigenvalue weighted by atomic mass is 10.0. The molecule has 2 aliphatic heterocycles. The highest BCUT2D eigenvalue weighted by Crippen LogP contribution is 2.27. The maximum atomic E-state index is 13.8. The number of pyridine rings is 1. The number of carbonyl (C=O) groups is 1. The van der Waals surface area contributed by atoms with Gasteiger partial charge in [0.15, 0.2) is 0 Å². The topological polar surface area (TPSA) is 51.7 Å². The number of hydrogen-bond acceptors (Lipinski definition) is 5. The number of carbonyl (C=O) groups excluding carboxylic acids is 1. The summed E-state index contributed by atoms with van der Waals surface area (Å²) in [6, 6.07) is 12.4. The SMILES string of the molecule is O=C(NCc1ccc(Cl)cc1Cl)c1cnc(N2CCN(C3CCN(Cc4ccc(Cl)c(F)c4)CC3)CC2)c(Cl)c1. The van der Waals surface area contributed by atoms with Gasteiger partial charge in [-0.2, -0.15) is 0 Å². The van der Waals surface area contributed by atoms with E-state index in [1.807, 2.05) is 6.07 Å². The van der Waals surface area contributed by atoms with Crippen molar-refractivity contribution in [1.29, 1.82) is 0 Å². The van der Waals surface area contributed by atoms with Gasteiger partial charge in [0.1, 0.15) is 11.6 Å². The Labute approximate surface area is 254 Å². The van der Waals surface area contributed by atoms with Gasteiger partial charge in [-0.1, -0.05) is 58.5 Å². The van der Waals surface area contributed by atoms with E-state index in [2.05, 4.69) is 25.0 Å². The van der Waals surface area contributed by atoms with Gasteiger partial charge in [0, 0.05) is 61.6 Å². The van der Waals surface area contributed by atoms with Crippen molar-refractivity contribution in [2.24, 2.45) is 0 Å². The zero-order chi connectivity index (χ0) is 28.2. The average Bonchev–Trinajstić information content (AvgIpc) is 2.95. The van der Waals surface area contributed by atoms with Crippen molar-refractivity contribution in [1.82, 2.24) is 20.1 Å². The van der Waals surface area contributed by atoms with Gasteiger partial charge in [0.05, 0.1) is 15.6 Å². The van der Waals surface area contributed by atoms with Crippen LogP contribution in [-0.2, 0) is 13.1 Å². The molecule has 3 aromatic rings. The molecule has 0 spiro atoms. The summed E-state index contributed by atoms with van der Waals surface area (Å²) in [6.07, 6.45) is 3.73. The van der Waals surface area contributed by atoms with Gasteiger partial charge in [-0.05, 0) is 67.4 Å². The molecule has 40 heavy (non-hydrogen) atoms. The number of piperidine rings is 1. The summed E-state index contributed by atoms with van der Waals surface area (Å²) < 4.78 is 13.8. The van der Waals surface area contributed by atoms with Crippen LogP contribution in [0.3, 0.4) is 0 Å². The minimum Gasteiger partial charge on any atom is -0.353 e. The number of piperazine rings is 1. The number of nitrogens with zero attached hydrogens (tertiary/aromatic N) is 4. The summed E-state index contributed by atoms with van der Waals surface area (Å²) >= 11 is 24.5. The van der Waals surface area contributed by atoms with Gasteiger partial charge in [-0.3, -0.25) is 14.6 Å². The van der Waals surface area contributed by atoms with E-state index in [9.17, 15) is 9.18 Å². The molecule has 212 valence electrons. The van der Waals surface area contributed by atoms with E-state index >= 15 is 0 Å². The van der Waals surface area contributed by atoms with Crippen LogP contribution >= 0.6 is 46.4 Å². The van der Waals surface area contributed by atoms with E-state index in [-0.39, 0.29) is 23.3 Å². The molecule has 1 amide bonds. The Balaban J connectivity index is 1.09. The van der Waals surface area contributed by atoms with Gasteiger partial charge in [0.2, 0.25) is 0 Å². The molecule has 3 heterocycles. The number of nitrogens with one attached hydrogen (secondary N) is 1. The highest BCUT2D eigenvalue weighted by atomic mass is 35.5. The second kappa shape index (κ2) is 13.2. The van der Waals surface area contributed by atoms with E-state index in [1.54, 1.807) is 36.5 Å². The van der Waals surface area contributed by atoms with E-state index in [1.165, 1.54) is 6.07 Å². The zero-order valence-electron chi connectivity index (χ0n) is 21.9. The normalized spacial score (nSPS) is 17.3. The van der Waals surface area contributed by atoms with Crippen LogP contribution < -0.4 is 10.2 Å².